The molecular formula is C8H12ClNO2. The molecule has 0 aromatic heterocycles. The molecule has 0 bridgehead atoms. The molecule has 0 saturated carbocycles. The van der Waals surface area contributed by atoms with E-state index in [0.717, 1.165) is 0 Å². The molecule has 0 spiro atoms. The van der Waals surface area contributed by atoms with Crippen molar-refractivity contribution in [1.29, 1.82) is 0 Å². The van der Waals surface area contributed by atoms with E-state index in [1.165, 1.54) is 24.3 Å². The van der Waals surface area contributed by atoms with E-state index in [-0.39, 0.29) is 23.7 Å². The third kappa shape index (κ3) is 2.70. The van der Waals surface area contributed by atoms with E-state index in [0.29, 0.717) is 0 Å². The molecule has 0 aliphatic heterocycles. The summed E-state index contributed by atoms with van der Waals surface area (Å²) in [5.41, 5.74) is 5.01. The van der Waals surface area contributed by atoms with Crippen molar-refractivity contribution >= 4 is 12.4 Å². The van der Waals surface area contributed by atoms with Crippen LogP contribution in [-0.2, 0) is 0 Å². The zero-order chi connectivity index (χ0) is 11.0. The third-order valence-electron chi connectivity index (χ3n) is 1.28. The molecule has 1 rings (SSSR count). The van der Waals surface area contributed by atoms with Gasteiger partial charge >= 0.3 is 0 Å². The quantitative estimate of drug-likeness (QED) is 0.650. The highest BCUT2D eigenvalue weighted by atomic mass is 35.5. The van der Waals surface area contributed by atoms with Crippen LogP contribution >= 0.6 is 12.4 Å². The summed E-state index contributed by atoms with van der Waals surface area (Å²) in [4.78, 5) is 0. The minimum Gasteiger partial charge on any atom is -0.508 e. The third-order valence-corrected chi connectivity index (χ3v) is 1.28. The van der Waals surface area contributed by atoms with Gasteiger partial charge in [0, 0.05) is 9.24 Å². The Morgan fingerprint density at radius 3 is 2.42 bits per heavy atom. The van der Waals surface area contributed by atoms with E-state index < -0.39 is 12.6 Å². The molecule has 0 heterocycles. The van der Waals surface area contributed by atoms with E-state index >= 15 is 0 Å². The fourth-order valence-corrected chi connectivity index (χ4v) is 0.703. The Kier molecular flexibility index (Phi) is 2.79. The molecule has 1 aromatic carbocycles. The predicted molar refractivity (Wildman–Crippen MR) is 49.4 cm³/mol. The minimum atomic E-state index is -2.57. The first-order valence-corrected chi connectivity index (χ1v) is 3.06. The molecule has 0 aliphatic rings. The normalized spacial score (nSPS) is 19.3. The van der Waals surface area contributed by atoms with Gasteiger partial charge in [-0.15, -0.1) is 12.4 Å². The summed E-state index contributed by atoms with van der Waals surface area (Å²) in [6.07, 6.45) is -2.53. The molecule has 0 saturated heterocycles. The predicted octanol–water partition coefficient (Wildman–Crippen LogP) is 0.806. The summed E-state index contributed by atoms with van der Waals surface area (Å²) in [5, 5.41) is 18.5. The van der Waals surface area contributed by atoms with E-state index in [9.17, 15) is 5.11 Å². The van der Waals surface area contributed by atoms with Gasteiger partial charge in [0.2, 0.25) is 0 Å². The lowest BCUT2D eigenvalue weighted by molar-refractivity contribution is 0.186. The van der Waals surface area contributed by atoms with Gasteiger partial charge in [0.25, 0.3) is 0 Å². The number of hydrogen-bond donors (Lipinski definition) is 3. The molecule has 12 heavy (non-hydrogen) atoms. The van der Waals surface area contributed by atoms with Crippen molar-refractivity contribution in [1.82, 2.24) is 0 Å². The standard InChI is InChI=1S/C8H11NO2.ClH/c9-5-8(11)6-1-3-7(10)4-2-6;/h1-4,8,10-11H,5,9H2;1H/i5D2,8D;. The largest absolute Gasteiger partial charge is 0.508 e. The molecular weight excluding hydrogens is 178 g/mol. The van der Waals surface area contributed by atoms with Gasteiger partial charge in [0.1, 0.15) is 5.75 Å². The lowest BCUT2D eigenvalue weighted by Gasteiger charge is -2.06. The maximum absolute atomic E-state index is 9.50. The number of halogens is 1. The number of benzene rings is 1. The van der Waals surface area contributed by atoms with Crippen LogP contribution in [0.15, 0.2) is 24.3 Å². The van der Waals surface area contributed by atoms with E-state index in [2.05, 4.69) is 0 Å². The van der Waals surface area contributed by atoms with Crippen LogP contribution in [0, 0.1) is 0 Å². The summed E-state index contributed by atoms with van der Waals surface area (Å²) >= 11 is 0. The fourth-order valence-electron chi connectivity index (χ4n) is 0.703. The molecule has 0 radical (unpaired) electrons. The van der Waals surface area contributed by atoms with Crippen LogP contribution < -0.4 is 5.73 Å². The van der Waals surface area contributed by atoms with Crippen LogP contribution in [0.5, 0.6) is 5.75 Å². The molecule has 0 fully saturated rings. The van der Waals surface area contributed by atoms with E-state index in [1.807, 2.05) is 0 Å². The highest BCUT2D eigenvalue weighted by molar-refractivity contribution is 5.85. The summed E-state index contributed by atoms with van der Waals surface area (Å²) < 4.78 is 21.5. The minimum absolute atomic E-state index is 0. The fraction of sp³-hybridized carbons (Fsp3) is 0.250. The Morgan fingerprint density at radius 1 is 1.50 bits per heavy atom. The number of phenols is 1. The summed E-state index contributed by atoms with van der Waals surface area (Å²) in [6, 6.07) is 4.99. The summed E-state index contributed by atoms with van der Waals surface area (Å²) in [6.45, 7) is -2.57. The van der Waals surface area contributed by atoms with Gasteiger partial charge in [-0.3, -0.25) is 0 Å². The second kappa shape index (κ2) is 4.98. The van der Waals surface area contributed by atoms with Crippen molar-refractivity contribution < 1.29 is 14.3 Å². The molecule has 4 N–H and O–H groups in total. The van der Waals surface area contributed by atoms with Crippen LogP contribution in [0.4, 0.5) is 0 Å². The van der Waals surface area contributed by atoms with Crippen LogP contribution in [-0.4, -0.2) is 16.7 Å². The van der Waals surface area contributed by atoms with Crippen LogP contribution in [0.1, 0.15) is 15.8 Å². The first kappa shape index (κ1) is 6.71. The monoisotopic (exact) mass is 192 g/mol. The second-order valence-electron chi connectivity index (χ2n) is 2.04. The first-order chi connectivity index (χ1) is 6.25. The maximum Gasteiger partial charge on any atom is 0.115 e. The van der Waals surface area contributed by atoms with Crippen molar-refractivity contribution in [3.63, 3.8) is 0 Å². The van der Waals surface area contributed by atoms with Gasteiger partial charge in [0.15, 0.2) is 0 Å². The van der Waals surface area contributed by atoms with Gasteiger partial charge in [-0.1, -0.05) is 12.1 Å². The molecule has 1 aromatic rings. The van der Waals surface area contributed by atoms with Gasteiger partial charge in [-0.2, -0.15) is 0 Å². The van der Waals surface area contributed by atoms with Crippen LogP contribution in [0.2, 0.25) is 0 Å². The topological polar surface area (TPSA) is 66.5 Å². The first-order valence-electron chi connectivity index (χ1n) is 4.56. The highest BCUT2D eigenvalue weighted by Gasteiger charge is 2.02. The second-order valence-corrected chi connectivity index (χ2v) is 2.04. The molecule has 1 atom stereocenters. The maximum atomic E-state index is 9.50. The number of nitrogens with two attached hydrogens (primary N) is 1. The molecule has 0 amide bonds. The molecule has 4 heteroatoms. The van der Waals surface area contributed by atoms with E-state index in [4.69, 9.17) is 15.0 Å². The Bertz CT molecular complexity index is 324. The van der Waals surface area contributed by atoms with Crippen LogP contribution in [0.3, 0.4) is 0 Å². The average Bonchev–Trinajstić information content (AvgIpc) is 2.03. The molecule has 3 nitrogen and oxygen atoms in total. The summed E-state index contributed by atoms with van der Waals surface area (Å²) in [7, 11) is 0. The number of aliphatic hydroxyl groups is 1. The van der Waals surface area contributed by atoms with Gasteiger partial charge in [0.05, 0.1) is 7.45 Å². The van der Waals surface area contributed by atoms with Crippen molar-refractivity contribution in [3.05, 3.63) is 29.8 Å². The number of phenolic OH excluding ortho intramolecular Hbond substituents is 1. The van der Waals surface area contributed by atoms with Crippen molar-refractivity contribution in [2.45, 2.75) is 6.08 Å². The average molecular weight is 193 g/mol. The Morgan fingerprint density at radius 2 is 2.00 bits per heavy atom. The van der Waals surface area contributed by atoms with Crippen molar-refractivity contribution in [3.8, 4) is 5.75 Å². The molecule has 1 unspecified atom stereocenters. The number of hydrogen-bond acceptors (Lipinski definition) is 3. The zero-order valence-electron chi connectivity index (χ0n) is 9.19. The number of aromatic hydroxyl groups is 1. The van der Waals surface area contributed by atoms with Crippen molar-refractivity contribution in [2.24, 2.45) is 5.73 Å². The van der Waals surface area contributed by atoms with Crippen LogP contribution in [0.25, 0.3) is 0 Å². The van der Waals surface area contributed by atoms with Gasteiger partial charge < -0.3 is 15.9 Å². The number of rotatable bonds is 2. The van der Waals surface area contributed by atoms with Gasteiger partial charge in [-0.05, 0) is 17.7 Å². The van der Waals surface area contributed by atoms with Crippen molar-refractivity contribution in [2.75, 3.05) is 6.50 Å². The Balaban J connectivity index is 0.00000196. The zero-order valence-corrected chi connectivity index (χ0v) is 7.01. The highest BCUT2D eigenvalue weighted by Crippen LogP contribution is 2.15. The smallest absolute Gasteiger partial charge is 0.115 e. The van der Waals surface area contributed by atoms with Gasteiger partial charge in [-0.25, -0.2) is 0 Å². The molecule has 68 valence electrons. The lowest BCUT2D eigenvalue weighted by atomic mass is 10.1. The molecule has 0 aliphatic carbocycles. The SMILES string of the molecule is Cl.[2H]C([2H])(N)C([2H])(O)c1ccc(O)cc1. The Labute approximate surface area is 81.5 Å². The Hall–Kier alpha value is -0.770. The lowest BCUT2D eigenvalue weighted by Crippen LogP contribution is -2.10. The summed E-state index contributed by atoms with van der Waals surface area (Å²) in [5.74, 6) is -0.0258. The van der Waals surface area contributed by atoms with E-state index in [1.54, 1.807) is 0 Å².